The molecule has 0 radical (unpaired) electrons. The van der Waals surface area contributed by atoms with Gasteiger partial charge in [-0.15, -0.1) is 0 Å². The van der Waals surface area contributed by atoms with E-state index in [2.05, 4.69) is 0 Å². The molecule has 5 heteroatoms. The summed E-state index contributed by atoms with van der Waals surface area (Å²) in [6, 6.07) is -0.213. The van der Waals surface area contributed by atoms with Gasteiger partial charge < -0.3 is 10.6 Å². The largest absolute Gasteiger partial charge is 0.325 e. The Bertz CT molecular complexity index is 235. The molecule has 4 nitrogen and oxygen atoms in total. The summed E-state index contributed by atoms with van der Waals surface area (Å²) in [6.45, 7) is 0. The van der Waals surface area contributed by atoms with E-state index in [1.54, 1.807) is 0 Å². The maximum atomic E-state index is 11.0. The average Bonchev–Trinajstić information content (AvgIpc) is 2.05. The first-order chi connectivity index (χ1) is 4.92. The molecule has 0 aromatic rings. The van der Waals surface area contributed by atoms with Gasteiger partial charge in [0.2, 0.25) is 0 Å². The number of rotatable bonds is 1. The first-order valence-corrected chi connectivity index (χ1v) is 5.37. The van der Waals surface area contributed by atoms with Crippen LogP contribution in [-0.2, 0) is 9.84 Å². The van der Waals surface area contributed by atoms with Gasteiger partial charge in [-0.2, -0.15) is 0 Å². The molecule has 0 bridgehead atoms. The highest BCUT2D eigenvalue weighted by atomic mass is 32.2. The molecular formula is C6H14N2O2S. The monoisotopic (exact) mass is 178 g/mol. The summed E-state index contributed by atoms with van der Waals surface area (Å²) >= 11 is 0. The third-order valence-electron chi connectivity index (χ3n) is 2.03. The van der Waals surface area contributed by atoms with Gasteiger partial charge in [-0.3, -0.25) is 0 Å². The van der Waals surface area contributed by atoms with Gasteiger partial charge in [-0.1, -0.05) is 0 Å². The molecule has 11 heavy (non-hydrogen) atoms. The van der Waals surface area contributed by atoms with Gasteiger partial charge in [-0.25, -0.2) is 8.42 Å². The Morgan fingerprint density at radius 1 is 1.36 bits per heavy atom. The van der Waals surface area contributed by atoms with Gasteiger partial charge in [0.1, 0.15) is 0 Å². The van der Waals surface area contributed by atoms with Gasteiger partial charge in [0.25, 0.3) is 0 Å². The van der Waals surface area contributed by atoms with E-state index in [4.69, 9.17) is 5.73 Å². The molecule has 66 valence electrons. The van der Waals surface area contributed by atoms with Crippen LogP contribution in [0, 0.1) is 0 Å². The Morgan fingerprint density at radius 2 is 1.91 bits per heavy atom. The zero-order chi connectivity index (χ0) is 8.65. The van der Waals surface area contributed by atoms with Crippen LogP contribution < -0.4 is 5.73 Å². The van der Waals surface area contributed by atoms with Crippen LogP contribution in [0.5, 0.6) is 0 Å². The molecular weight excluding hydrogens is 164 g/mol. The fraction of sp³-hybridized carbons (Fsp3) is 1.00. The van der Waals surface area contributed by atoms with Crippen molar-refractivity contribution in [3.63, 3.8) is 0 Å². The molecule has 0 amide bonds. The summed E-state index contributed by atoms with van der Waals surface area (Å²) in [4.78, 5) is 1.87. The molecule has 0 aromatic carbocycles. The van der Waals surface area contributed by atoms with E-state index in [0.717, 1.165) is 0 Å². The van der Waals surface area contributed by atoms with Crippen LogP contribution in [0.25, 0.3) is 0 Å². The summed E-state index contributed by atoms with van der Waals surface area (Å²) in [5.74, 6) is 0.344. The lowest BCUT2D eigenvalue weighted by Gasteiger charge is -2.21. The van der Waals surface area contributed by atoms with Gasteiger partial charge in [-0.05, 0) is 14.1 Å². The molecule has 0 aliphatic carbocycles. The fourth-order valence-electron chi connectivity index (χ4n) is 1.39. The van der Waals surface area contributed by atoms with Crippen molar-refractivity contribution in [3.05, 3.63) is 0 Å². The summed E-state index contributed by atoms with van der Waals surface area (Å²) in [5.41, 5.74) is 5.63. The van der Waals surface area contributed by atoms with E-state index in [-0.39, 0.29) is 23.6 Å². The Balaban J connectivity index is 2.75. The van der Waals surface area contributed by atoms with Crippen LogP contribution in [0.2, 0.25) is 0 Å². The second kappa shape index (κ2) is 2.73. The molecule has 0 aromatic heterocycles. The predicted octanol–water partition coefficient (Wildman–Crippen LogP) is -1.33. The molecule has 0 saturated carbocycles. The second-order valence-corrected chi connectivity index (χ2v) is 5.43. The minimum atomic E-state index is -2.86. The molecule has 1 aliphatic heterocycles. The van der Waals surface area contributed by atoms with Gasteiger partial charge >= 0.3 is 0 Å². The lowest BCUT2D eigenvalue weighted by atomic mass is 10.2. The van der Waals surface area contributed by atoms with E-state index >= 15 is 0 Å². The second-order valence-electron chi connectivity index (χ2n) is 3.27. The van der Waals surface area contributed by atoms with Crippen molar-refractivity contribution in [1.29, 1.82) is 0 Å². The summed E-state index contributed by atoms with van der Waals surface area (Å²) in [7, 11) is 0.849. The third kappa shape index (κ3) is 1.91. The third-order valence-corrected chi connectivity index (χ3v) is 3.77. The molecule has 1 fully saturated rings. The highest BCUT2D eigenvalue weighted by Gasteiger charge is 2.36. The number of nitrogens with two attached hydrogens (primary N) is 1. The van der Waals surface area contributed by atoms with Crippen molar-refractivity contribution in [3.8, 4) is 0 Å². The van der Waals surface area contributed by atoms with Crippen molar-refractivity contribution < 1.29 is 8.42 Å². The molecule has 0 spiro atoms. The summed E-state index contributed by atoms with van der Waals surface area (Å²) in [6.07, 6.45) is 0. The standard InChI is InChI=1S/C6H14N2O2S/c1-8(2)6-4-11(9,10)3-5(6)7/h5-6H,3-4,7H2,1-2H3. The SMILES string of the molecule is CN(C)C1CS(=O)(=O)CC1N. The Kier molecular flexibility index (Phi) is 2.22. The van der Waals surface area contributed by atoms with Crippen molar-refractivity contribution in [2.24, 2.45) is 5.73 Å². The van der Waals surface area contributed by atoms with Crippen molar-refractivity contribution in [1.82, 2.24) is 4.90 Å². The van der Waals surface area contributed by atoms with Gasteiger partial charge in [0.15, 0.2) is 9.84 Å². The Labute approximate surface area is 67.3 Å². The van der Waals surface area contributed by atoms with E-state index in [1.807, 2.05) is 19.0 Å². The van der Waals surface area contributed by atoms with Crippen LogP contribution >= 0.6 is 0 Å². The normalized spacial score (nSPS) is 36.4. The average molecular weight is 178 g/mol. The first kappa shape index (κ1) is 8.96. The maximum absolute atomic E-state index is 11.0. The van der Waals surface area contributed by atoms with E-state index in [1.165, 1.54) is 0 Å². The van der Waals surface area contributed by atoms with Crippen LogP contribution in [0.3, 0.4) is 0 Å². The number of hydrogen-bond donors (Lipinski definition) is 1. The number of likely N-dealkylation sites (N-methyl/N-ethyl adjacent to an activating group) is 1. The van der Waals surface area contributed by atoms with Crippen molar-refractivity contribution in [2.45, 2.75) is 12.1 Å². The zero-order valence-electron chi connectivity index (χ0n) is 6.82. The predicted molar refractivity (Wildman–Crippen MR) is 44.1 cm³/mol. The topological polar surface area (TPSA) is 63.4 Å². The van der Waals surface area contributed by atoms with Gasteiger partial charge in [0, 0.05) is 12.1 Å². The fourth-order valence-corrected chi connectivity index (χ4v) is 3.40. The number of sulfone groups is 1. The highest BCUT2D eigenvalue weighted by Crippen LogP contribution is 2.13. The Morgan fingerprint density at radius 3 is 2.09 bits per heavy atom. The molecule has 2 atom stereocenters. The van der Waals surface area contributed by atoms with Crippen LogP contribution in [-0.4, -0.2) is 51.0 Å². The van der Waals surface area contributed by atoms with Crippen molar-refractivity contribution in [2.75, 3.05) is 25.6 Å². The number of hydrogen-bond acceptors (Lipinski definition) is 4. The minimum Gasteiger partial charge on any atom is -0.325 e. The minimum absolute atomic E-state index is 0.000000000000000222. The smallest absolute Gasteiger partial charge is 0.153 e. The lowest BCUT2D eigenvalue weighted by Crippen LogP contribution is -2.43. The number of nitrogens with zero attached hydrogens (tertiary/aromatic N) is 1. The molecule has 1 aliphatic rings. The molecule has 1 rings (SSSR count). The lowest BCUT2D eigenvalue weighted by molar-refractivity contribution is 0.295. The molecule has 1 heterocycles. The van der Waals surface area contributed by atoms with E-state index in [0.29, 0.717) is 0 Å². The molecule has 2 N–H and O–H groups in total. The van der Waals surface area contributed by atoms with Crippen LogP contribution in [0.4, 0.5) is 0 Å². The van der Waals surface area contributed by atoms with Gasteiger partial charge in [0.05, 0.1) is 11.5 Å². The van der Waals surface area contributed by atoms with Crippen LogP contribution in [0.1, 0.15) is 0 Å². The van der Waals surface area contributed by atoms with E-state index < -0.39 is 9.84 Å². The quantitative estimate of drug-likeness (QED) is 0.540. The Hall–Kier alpha value is -0.130. The van der Waals surface area contributed by atoms with E-state index in [9.17, 15) is 8.42 Å². The highest BCUT2D eigenvalue weighted by molar-refractivity contribution is 7.91. The molecule has 1 saturated heterocycles. The maximum Gasteiger partial charge on any atom is 0.153 e. The summed E-state index contributed by atoms with van der Waals surface area (Å²) in [5, 5.41) is 0. The summed E-state index contributed by atoms with van der Waals surface area (Å²) < 4.78 is 22.1. The molecule has 2 unspecified atom stereocenters. The zero-order valence-corrected chi connectivity index (χ0v) is 7.63. The van der Waals surface area contributed by atoms with Crippen LogP contribution in [0.15, 0.2) is 0 Å². The first-order valence-electron chi connectivity index (χ1n) is 3.55. The van der Waals surface area contributed by atoms with Crippen molar-refractivity contribution >= 4 is 9.84 Å².